The van der Waals surface area contributed by atoms with Crippen LogP contribution in [0.2, 0.25) is 5.02 Å². The molecular weight excluding hydrogens is 378 g/mol. The molecule has 26 heavy (non-hydrogen) atoms. The smallest absolute Gasteiger partial charge is 0.269 e. The van der Waals surface area contributed by atoms with Gasteiger partial charge in [0.2, 0.25) is 0 Å². The molecule has 3 N–H and O–H groups in total. The fraction of sp³-hybridized carbons (Fsp3) is 0.529. The van der Waals surface area contributed by atoms with E-state index in [2.05, 4.69) is 16.2 Å². The fourth-order valence-corrected chi connectivity index (χ4v) is 2.56. The Morgan fingerprint density at radius 3 is 2.62 bits per heavy atom. The molecule has 1 aromatic carbocycles. The van der Waals surface area contributed by atoms with E-state index in [0.29, 0.717) is 41.9 Å². The summed E-state index contributed by atoms with van der Waals surface area (Å²) in [7, 11) is 1.60. The number of thiocarbonyl (C=S) groups is 1. The van der Waals surface area contributed by atoms with Crippen molar-refractivity contribution in [2.24, 2.45) is 0 Å². The van der Waals surface area contributed by atoms with E-state index in [9.17, 15) is 4.79 Å². The first-order valence-electron chi connectivity index (χ1n) is 8.37. The van der Waals surface area contributed by atoms with Crippen molar-refractivity contribution in [1.29, 1.82) is 0 Å². The van der Waals surface area contributed by atoms with Crippen LogP contribution in [0.25, 0.3) is 0 Å². The first kappa shape index (κ1) is 22.3. The Morgan fingerprint density at radius 1 is 1.27 bits per heavy atom. The summed E-state index contributed by atoms with van der Waals surface area (Å²) in [5.74, 6) is 0.455. The highest BCUT2D eigenvalue weighted by molar-refractivity contribution is 7.80. The van der Waals surface area contributed by atoms with Gasteiger partial charge >= 0.3 is 0 Å². The van der Waals surface area contributed by atoms with E-state index >= 15 is 0 Å². The number of hydrogen-bond donors (Lipinski definition) is 3. The van der Waals surface area contributed by atoms with Gasteiger partial charge in [0.1, 0.15) is 0 Å². The number of nitrogens with one attached hydrogen (secondary N) is 3. The Balaban J connectivity index is 2.77. The molecule has 0 aromatic heterocycles. The van der Waals surface area contributed by atoms with Crippen LogP contribution < -0.4 is 25.6 Å². The molecular formula is C17H26ClN3O4S. The van der Waals surface area contributed by atoms with E-state index in [1.165, 1.54) is 6.07 Å². The van der Waals surface area contributed by atoms with Gasteiger partial charge in [0.15, 0.2) is 16.6 Å². The molecule has 1 rings (SSSR count). The molecule has 0 aliphatic heterocycles. The van der Waals surface area contributed by atoms with Crippen LogP contribution in [0.1, 0.15) is 37.6 Å². The van der Waals surface area contributed by atoms with E-state index in [4.69, 9.17) is 38.0 Å². The van der Waals surface area contributed by atoms with Gasteiger partial charge in [-0.2, -0.15) is 0 Å². The first-order valence-corrected chi connectivity index (χ1v) is 9.16. The van der Waals surface area contributed by atoms with Crippen LogP contribution in [0.4, 0.5) is 0 Å². The van der Waals surface area contributed by atoms with Crippen LogP contribution in [0.15, 0.2) is 12.1 Å². The minimum absolute atomic E-state index is 0.00546. The lowest BCUT2D eigenvalue weighted by molar-refractivity contribution is 0.0942. The van der Waals surface area contributed by atoms with Gasteiger partial charge in [-0.1, -0.05) is 18.5 Å². The summed E-state index contributed by atoms with van der Waals surface area (Å²) in [6, 6.07) is 3.11. The number of methoxy groups -OCH3 is 1. The van der Waals surface area contributed by atoms with Crippen molar-refractivity contribution in [3.05, 3.63) is 22.7 Å². The van der Waals surface area contributed by atoms with Crippen molar-refractivity contribution in [3.63, 3.8) is 0 Å². The zero-order valence-electron chi connectivity index (χ0n) is 15.5. The minimum atomic E-state index is -0.404. The molecule has 0 bridgehead atoms. The highest BCUT2D eigenvalue weighted by Crippen LogP contribution is 2.36. The molecule has 1 aromatic rings. The standard InChI is InChI=1S/C17H26ClN3O4S/c1-5-7-25-15-13(18)8-12(9-14(15)24-6-2)16(22)20-21-17(26)19-11(3)10-23-4/h8-9,11H,5-7,10H2,1-4H3,(H,20,22)(H2,19,21,26)/t11-/m1/s1. The van der Waals surface area contributed by atoms with Crippen LogP contribution in [-0.2, 0) is 4.74 Å². The van der Waals surface area contributed by atoms with E-state index in [-0.39, 0.29) is 11.2 Å². The molecule has 0 radical (unpaired) electrons. The SMILES string of the molecule is CCCOc1c(Cl)cc(C(=O)NNC(=S)N[C@H](C)COC)cc1OCC. The fourth-order valence-electron chi connectivity index (χ4n) is 2.04. The number of hydrazine groups is 1. The van der Waals surface area contributed by atoms with Gasteiger partial charge in [-0.25, -0.2) is 0 Å². The van der Waals surface area contributed by atoms with Crippen LogP contribution in [0.5, 0.6) is 11.5 Å². The number of amides is 1. The third-order valence-corrected chi connectivity index (χ3v) is 3.61. The Hall–Kier alpha value is -1.77. The van der Waals surface area contributed by atoms with Gasteiger partial charge in [0, 0.05) is 18.7 Å². The number of rotatable bonds is 9. The van der Waals surface area contributed by atoms with Crippen molar-refractivity contribution in [2.75, 3.05) is 26.9 Å². The molecule has 0 spiro atoms. The number of carbonyl (C=O) groups is 1. The summed E-state index contributed by atoms with van der Waals surface area (Å²) < 4.78 is 16.2. The van der Waals surface area contributed by atoms with E-state index in [1.54, 1.807) is 13.2 Å². The molecule has 0 unspecified atom stereocenters. The second-order valence-electron chi connectivity index (χ2n) is 5.48. The predicted octanol–water partition coefficient (Wildman–Crippen LogP) is 2.67. The average molecular weight is 404 g/mol. The summed E-state index contributed by atoms with van der Waals surface area (Å²) in [6.07, 6.45) is 0.833. The lowest BCUT2D eigenvalue weighted by atomic mass is 10.2. The minimum Gasteiger partial charge on any atom is -0.490 e. The highest BCUT2D eigenvalue weighted by Gasteiger charge is 2.16. The zero-order valence-corrected chi connectivity index (χ0v) is 17.1. The van der Waals surface area contributed by atoms with Gasteiger partial charge < -0.3 is 19.5 Å². The summed E-state index contributed by atoms with van der Waals surface area (Å²) in [6.45, 7) is 7.16. The van der Waals surface area contributed by atoms with E-state index in [0.717, 1.165) is 6.42 Å². The average Bonchev–Trinajstić information content (AvgIpc) is 2.59. The molecule has 1 amide bonds. The maximum absolute atomic E-state index is 12.4. The molecule has 1 atom stereocenters. The lowest BCUT2D eigenvalue weighted by Crippen LogP contribution is -2.49. The first-order chi connectivity index (χ1) is 12.4. The monoisotopic (exact) mass is 403 g/mol. The van der Waals surface area contributed by atoms with Gasteiger partial charge in [0.05, 0.1) is 24.8 Å². The molecule has 0 aliphatic carbocycles. The number of halogens is 1. The summed E-state index contributed by atoms with van der Waals surface area (Å²) in [5.41, 5.74) is 5.48. The second kappa shape index (κ2) is 11.8. The largest absolute Gasteiger partial charge is 0.490 e. The maximum Gasteiger partial charge on any atom is 0.269 e. The number of hydrogen-bond acceptors (Lipinski definition) is 5. The molecule has 0 aliphatic rings. The molecule has 7 nitrogen and oxygen atoms in total. The Bertz CT molecular complexity index is 616. The van der Waals surface area contributed by atoms with Crippen molar-refractivity contribution in [1.82, 2.24) is 16.2 Å². The number of carbonyl (C=O) groups excluding carboxylic acids is 1. The predicted molar refractivity (Wildman–Crippen MR) is 106 cm³/mol. The Labute approximate surface area is 164 Å². The Kier molecular flexibility index (Phi) is 10.1. The van der Waals surface area contributed by atoms with Gasteiger partial charge in [-0.05, 0) is 44.6 Å². The molecule has 9 heteroatoms. The molecule has 0 heterocycles. The van der Waals surface area contributed by atoms with Crippen molar-refractivity contribution < 1.29 is 19.0 Å². The topological polar surface area (TPSA) is 80.9 Å². The van der Waals surface area contributed by atoms with Gasteiger partial charge in [0.25, 0.3) is 5.91 Å². The molecule has 0 saturated carbocycles. The molecule has 0 saturated heterocycles. The quantitative estimate of drug-likeness (QED) is 0.432. The molecule has 0 fully saturated rings. The van der Waals surface area contributed by atoms with Crippen LogP contribution in [-0.4, -0.2) is 44.0 Å². The Morgan fingerprint density at radius 2 is 2.00 bits per heavy atom. The third-order valence-electron chi connectivity index (χ3n) is 3.11. The second-order valence-corrected chi connectivity index (χ2v) is 6.29. The molecule has 146 valence electrons. The zero-order chi connectivity index (χ0) is 19.5. The lowest BCUT2D eigenvalue weighted by Gasteiger charge is -2.17. The number of benzene rings is 1. The van der Waals surface area contributed by atoms with Gasteiger partial charge in [-0.15, -0.1) is 0 Å². The van der Waals surface area contributed by atoms with Gasteiger partial charge in [-0.3, -0.25) is 15.6 Å². The van der Waals surface area contributed by atoms with E-state index in [1.807, 2.05) is 20.8 Å². The van der Waals surface area contributed by atoms with E-state index < -0.39 is 5.91 Å². The van der Waals surface area contributed by atoms with Crippen LogP contribution in [0, 0.1) is 0 Å². The summed E-state index contributed by atoms with van der Waals surface area (Å²) in [5, 5.41) is 3.56. The number of ether oxygens (including phenoxy) is 3. The highest BCUT2D eigenvalue weighted by atomic mass is 35.5. The summed E-state index contributed by atoms with van der Waals surface area (Å²) >= 11 is 11.4. The normalized spacial score (nSPS) is 11.4. The third kappa shape index (κ3) is 7.23. The van der Waals surface area contributed by atoms with Crippen molar-refractivity contribution in [2.45, 2.75) is 33.2 Å². The maximum atomic E-state index is 12.4. The van der Waals surface area contributed by atoms with Crippen LogP contribution in [0.3, 0.4) is 0 Å². The summed E-state index contributed by atoms with van der Waals surface area (Å²) in [4.78, 5) is 12.4. The van der Waals surface area contributed by atoms with Crippen molar-refractivity contribution in [3.8, 4) is 11.5 Å². The van der Waals surface area contributed by atoms with Crippen molar-refractivity contribution >= 4 is 34.8 Å². The van der Waals surface area contributed by atoms with Crippen LogP contribution >= 0.6 is 23.8 Å².